The summed E-state index contributed by atoms with van der Waals surface area (Å²) in [5.41, 5.74) is -1.21. The number of carbonyl (C=O) groups excluding carboxylic acids is 1. The molecule has 2 heterocycles. The van der Waals surface area contributed by atoms with E-state index >= 15 is 0 Å². The lowest BCUT2D eigenvalue weighted by atomic mass is 10.3. The first kappa shape index (κ1) is 14.7. The van der Waals surface area contributed by atoms with E-state index in [0.717, 1.165) is 17.0 Å². The molecule has 1 aromatic rings. The van der Waals surface area contributed by atoms with E-state index in [0.29, 0.717) is 6.07 Å². The van der Waals surface area contributed by atoms with E-state index in [1.807, 2.05) is 0 Å². The molecular weight excluding hydrogens is 304 g/mol. The Morgan fingerprint density at radius 1 is 1.30 bits per heavy atom. The third-order valence-corrected chi connectivity index (χ3v) is 3.90. The van der Waals surface area contributed by atoms with E-state index in [1.165, 1.54) is 0 Å². The summed E-state index contributed by atoms with van der Waals surface area (Å²) >= 11 is 0. The average molecular weight is 312 g/mol. The molecular formula is C10H8F4N2O3S. The number of nitrogens with zero attached hydrogens (tertiary/aromatic N) is 2. The summed E-state index contributed by atoms with van der Waals surface area (Å²) in [6, 6.07) is 2.88. The van der Waals surface area contributed by atoms with Gasteiger partial charge in [-0.1, -0.05) is 6.07 Å². The molecule has 0 radical (unpaired) electrons. The van der Waals surface area contributed by atoms with Crippen LogP contribution in [-0.2, 0) is 21.2 Å². The predicted molar refractivity (Wildman–Crippen MR) is 60.0 cm³/mol. The predicted octanol–water partition coefficient (Wildman–Crippen LogP) is 1.51. The van der Waals surface area contributed by atoms with Gasteiger partial charge in [-0.15, -0.1) is 3.89 Å². The number of hydrogen-bond donors (Lipinski definition) is 0. The molecule has 0 saturated carbocycles. The van der Waals surface area contributed by atoms with Crippen LogP contribution in [0.15, 0.2) is 18.2 Å². The van der Waals surface area contributed by atoms with Crippen molar-refractivity contribution in [1.82, 2.24) is 4.98 Å². The summed E-state index contributed by atoms with van der Waals surface area (Å²) in [5.74, 6) is -1.14. The molecule has 1 aliphatic rings. The second-order valence-corrected chi connectivity index (χ2v) is 5.80. The highest BCUT2D eigenvalue weighted by atomic mass is 32.3. The Kier molecular flexibility index (Phi) is 3.44. The first-order chi connectivity index (χ1) is 9.09. The molecule has 1 aliphatic heterocycles. The fourth-order valence-corrected chi connectivity index (χ4v) is 2.49. The number of hydrogen-bond acceptors (Lipinski definition) is 4. The van der Waals surface area contributed by atoms with Crippen molar-refractivity contribution in [2.24, 2.45) is 0 Å². The SMILES string of the molecule is O=C1CC(S(=O)(=O)F)CN1c1cccc(C(F)(F)F)n1. The fraction of sp³-hybridized carbons (Fsp3) is 0.400. The van der Waals surface area contributed by atoms with Crippen LogP contribution in [0.2, 0.25) is 0 Å². The van der Waals surface area contributed by atoms with Crippen molar-refractivity contribution in [3.8, 4) is 0 Å². The molecule has 110 valence electrons. The summed E-state index contributed by atoms with van der Waals surface area (Å²) in [6.07, 6.45) is -5.30. The van der Waals surface area contributed by atoms with Crippen molar-refractivity contribution >= 4 is 21.9 Å². The molecule has 1 unspecified atom stereocenters. The summed E-state index contributed by atoms with van der Waals surface area (Å²) in [6.45, 7) is -0.550. The molecule has 0 N–H and O–H groups in total. The van der Waals surface area contributed by atoms with Gasteiger partial charge >= 0.3 is 16.4 Å². The van der Waals surface area contributed by atoms with Crippen LogP contribution in [-0.4, -0.2) is 31.1 Å². The van der Waals surface area contributed by atoms with Gasteiger partial charge < -0.3 is 0 Å². The van der Waals surface area contributed by atoms with E-state index in [1.54, 1.807) is 0 Å². The lowest BCUT2D eigenvalue weighted by molar-refractivity contribution is -0.141. The Morgan fingerprint density at radius 2 is 1.95 bits per heavy atom. The van der Waals surface area contributed by atoms with Crippen LogP contribution in [0, 0.1) is 0 Å². The molecule has 0 spiro atoms. The maximum atomic E-state index is 12.8. The molecule has 0 aromatic carbocycles. The molecule has 1 atom stereocenters. The second-order valence-electron chi connectivity index (χ2n) is 4.18. The Morgan fingerprint density at radius 3 is 2.45 bits per heavy atom. The van der Waals surface area contributed by atoms with Crippen molar-refractivity contribution < 1.29 is 30.3 Å². The van der Waals surface area contributed by atoms with Crippen LogP contribution < -0.4 is 4.90 Å². The molecule has 1 aromatic heterocycles. The van der Waals surface area contributed by atoms with E-state index in [-0.39, 0.29) is 5.82 Å². The highest BCUT2D eigenvalue weighted by Crippen LogP contribution is 2.30. The van der Waals surface area contributed by atoms with E-state index < -0.39 is 46.2 Å². The molecule has 1 saturated heterocycles. The number of alkyl halides is 3. The monoisotopic (exact) mass is 312 g/mol. The maximum absolute atomic E-state index is 12.8. The molecule has 0 aliphatic carbocycles. The van der Waals surface area contributed by atoms with E-state index in [4.69, 9.17) is 0 Å². The number of amides is 1. The zero-order valence-electron chi connectivity index (χ0n) is 9.76. The van der Waals surface area contributed by atoms with Crippen LogP contribution in [0.4, 0.5) is 22.9 Å². The number of pyridine rings is 1. The topological polar surface area (TPSA) is 67.3 Å². The van der Waals surface area contributed by atoms with Crippen LogP contribution >= 0.6 is 0 Å². The molecule has 5 nitrogen and oxygen atoms in total. The molecule has 20 heavy (non-hydrogen) atoms. The Bertz CT molecular complexity index is 644. The largest absolute Gasteiger partial charge is 0.433 e. The summed E-state index contributed by atoms with van der Waals surface area (Å²) in [4.78, 5) is 15.6. The van der Waals surface area contributed by atoms with Crippen molar-refractivity contribution in [3.63, 3.8) is 0 Å². The molecule has 2 rings (SSSR count). The minimum absolute atomic E-state index is 0.351. The average Bonchev–Trinajstić information content (AvgIpc) is 2.70. The third-order valence-electron chi connectivity index (χ3n) is 2.79. The van der Waals surface area contributed by atoms with E-state index in [9.17, 15) is 30.3 Å². The number of anilines is 1. The highest BCUT2D eigenvalue weighted by molar-refractivity contribution is 7.87. The fourth-order valence-electron chi connectivity index (χ4n) is 1.82. The van der Waals surface area contributed by atoms with Gasteiger partial charge in [-0.25, -0.2) is 4.98 Å². The summed E-state index contributed by atoms with van der Waals surface area (Å²) in [7, 11) is -4.93. The molecule has 1 amide bonds. The molecule has 0 bridgehead atoms. The van der Waals surface area contributed by atoms with Gasteiger partial charge in [0, 0.05) is 13.0 Å². The second kappa shape index (κ2) is 4.69. The van der Waals surface area contributed by atoms with Gasteiger partial charge in [-0.3, -0.25) is 9.69 Å². The van der Waals surface area contributed by atoms with Gasteiger partial charge in [-0.05, 0) is 12.1 Å². The Labute approximate surface area is 111 Å². The zero-order chi connectivity index (χ0) is 15.1. The van der Waals surface area contributed by atoms with Crippen molar-refractivity contribution in [3.05, 3.63) is 23.9 Å². The van der Waals surface area contributed by atoms with Crippen LogP contribution in [0.3, 0.4) is 0 Å². The number of rotatable bonds is 2. The standard InChI is InChI=1S/C10H8F4N2O3S/c11-10(12,13)7-2-1-3-8(15-7)16-5-6(4-9(16)17)20(14,18)19/h1-3,6H,4-5H2. The quantitative estimate of drug-likeness (QED) is 0.613. The lowest BCUT2D eigenvalue weighted by Gasteiger charge is -2.16. The van der Waals surface area contributed by atoms with Gasteiger partial charge in [-0.2, -0.15) is 21.6 Å². The van der Waals surface area contributed by atoms with Gasteiger partial charge in [0.15, 0.2) is 0 Å². The first-order valence-electron chi connectivity index (χ1n) is 5.37. The van der Waals surface area contributed by atoms with Crippen LogP contribution in [0.25, 0.3) is 0 Å². The minimum atomic E-state index is -4.93. The number of carbonyl (C=O) groups is 1. The molecule has 1 fully saturated rings. The smallest absolute Gasteiger partial charge is 0.295 e. The van der Waals surface area contributed by atoms with Crippen molar-refractivity contribution in [2.75, 3.05) is 11.4 Å². The van der Waals surface area contributed by atoms with Gasteiger partial charge in [0.1, 0.15) is 16.8 Å². The third kappa shape index (κ3) is 2.89. The van der Waals surface area contributed by atoms with Gasteiger partial charge in [0.2, 0.25) is 5.91 Å². The van der Waals surface area contributed by atoms with Crippen molar-refractivity contribution in [2.45, 2.75) is 17.8 Å². The lowest BCUT2D eigenvalue weighted by Crippen LogP contribution is -2.28. The first-order valence-corrected chi connectivity index (χ1v) is 6.82. The molecule has 10 heteroatoms. The van der Waals surface area contributed by atoms with Gasteiger partial charge in [0.05, 0.1) is 0 Å². The van der Waals surface area contributed by atoms with E-state index in [2.05, 4.69) is 4.98 Å². The van der Waals surface area contributed by atoms with Crippen LogP contribution in [0.1, 0.15) is 12.1 Å². The highest BCUT2D eigenvalue weighted by Gasteiger charge is 2.40. The van der Waals surface area contributed by atoms with Crippen LogP contribution in [0.5, 0.6) is 0 Å². The number of aromatic nitrogens is 1. The maximum Gasteiger partial charge on any atom is 0.433 e. The zero-order valence-corrected chi connectivity index (χ0v) is 10.6. The summed E-state index contributed by atoms with van der Waals surface area (Å²) < 4.78 is 71.8. The summed E-state index contributed by atoms with van der Waals surface area (Å²) in [5, 5.41) is -1.58. The normalized spacial score (nSPS) is 20.5. The Hall–Kier alpha value is -1.71. The minimum Gasteiger partial charge on any atom is -0.295 e. The Balaban J connectivity index is 2.32. The van der Waals surface area contributed by atoms with Crippen molar-refractivity contribution in [1.29, 1.82) is 0 Å². The number of halogens is 4. The van der Waals surface area contributed by atoms with Gasteiger partial charge in [0.25, 0.3) is 0 Å².